The van der Waals surface area contributed by atoms with Gasteiger partial charge in [-0.25, -0.2) is 13.1 Å². The fourth-order valence-corrected chi connectivity index (χ4v) is 4.41. The van der Waals surface area contributed by atoms with E-state index in [4.69, 9.17) is 4.74 Å². The Morgan fingerprint density at radius 2 is 2.17 bits per heavy atom. The second-order valence-corrected chi connectivity index (χ2v) is 7.16. The Balaban J connectivity index is 1.71. The Hall–Kier alpha value is -0.170. The Kier molecular flexibility index (Phi) is 5.00. The number of sulfonamides is 1. The van der Waals surface area contributed by atoms with E-state index in [-0.39, 0.29) is 23.8 Å². The molecule has 1 atom stereocenters. The number of hydrogen-bond donors (Lipinski definition) is 2. The third kappa shape index (κ3) is 4.19. The van der Waals surface area contributed by atoms with E-state index in [2.05, 4.69) is 10.0 Å². The molecule has 2 rings (SSSR count). The third-order valence-electron chi connectivity index (χ3n) is 3.70. The first-order valence-corrected chi connectivity index (χ1v) is 8.56. The van der Waals surface area contributed by atoms with Crippen LogP contribution in [0.3, 0.4) is 0 Å². The van der Waals surface area contributed by atoms with Crippen molar-refractivity contribution in [3.8, 4) is 0 Å². The predicted molar refractivity (Wildman–Crippen MR) is 71.0 cm³/mol. The Morgan fingerprint density at radius 1 is 1.39 bits per heavy atom. The Labute approximate surface area is 110 Å². The summed E-state index contributed by atoms with van der Waals surface area (Å²) in [6.07, 6.45) is 3.97. The molecule has 0 aromatic heterocycles. The molecule has 1 aliphatic carbocycles. The quantitative estimate of drug-likeness (QED) is 0.740. The van der Waals surface area contributed by atoms with Crippen molar-refractivity contribution >= 4 is 10.0 Å². The van der Waals surface area contributed by atoms with Crippen LogP contribution in [0, 0.1) is 5.92 Å². The highest BCUT2D eigenvalue weighted by Crippen LogP contribution is 2.24. The van der Waals surface area contributed by atoms with Gasteiger partial charge < -0.3 is 10.1 Å². The van der Waals surface area contributed by atoms with Gasteiger partial charge in [-0.15, -0.1) is 0 Å². The summed E-state index contributed by atoms with van der Waals surface area (Å²) in [5.41, 5.74) is 0. The molecule has 1 heterocycles. The van der Waals surface area contributed by atoms with Gasteiger partial charge in [0, 0.05) is 12.6 Å². The summed E-state index contributed by atoms with van der Waals surface area (Å²) < 4.78 is 32.2. The van der Waals surface area contributed by atoms with Crippen molar-refractivity contribution in [3.05, 3.63) is 0 Å². The molecule has 2 N–H and O–H groups in total. The molecule has 0 radical (unpaired) electrons. The molecule has 0 spiro atoms. The summed E-state index contributed by atoms with van der Waals surface area (Å²) in [6, 6.07) is 0.0862. The predicted octanol–water partition coefficient (Wildman–Crippen LogP) is 0.473. The highest BCUT2D eigenvalue weighted by molar-refractivity contribution is 7.89. The minimum Gasteiger partial charge on any atom is -0.378 e. The SMILES string of the molecule is CCOC1CC(NS(=O)(=O)CC2CCCNC2)C1. The van der Waals surface area contributed by atoms with E-state index in [1.807, 2.05) is 6.92 Å². The lowest BCUT2D eigenvalue weighted by atomic mass is 9.90. The number of nitrogens with one attached hydrogen (secondary N) is 2. The van der Waals surface area contributed by atoms with Crippen LogP contribution in [0.5, 0.6) is 0 Å². The summed E-state index contributed by atoms with van der Waals surface area (Å²) in [7, 11) is -3.13. The van der Waals surface area contributed by atoms with Crippen molar-refractivity contribution in [1.29, 1.82) is 0 Å². The minimum atomic E-state index is -3.13. The van der Waals surface area contributed by atoms with Gasteiger partial charge in [0.15, 0.2) is 0 Å². The highest BCUT2D eigenvalue weighted by Gasteiger charge is 2.33. The summed E-state index contributed by atoms with van der Waals surface area (Å²) in [5.74, 6) is 0.523. The Morgan fingerprint density at radius 3 is 2.78 bits per heavy atom. The van der Waals surface area contributed by atoms with Crippen LogP contribution < -0.4 is 10.0 Å². The normalized spacial score (nSPS) is 33.1. The van der Waals surface area contributed by atoms with Crippen LogP contribution in [0.15, 0.2) is 0 Å². The zero-order valence-corrected chi connectivity index (χ0v) is 11.8. The average molecular weight is 276 g/mol. The molecule has 106 valence electrons. The molecule has 0 bridgehead atoms. The van der Waals surface area contributed by atoms with Crippen molar-refractivity contribution in [2.24, 2.45) is 5.92 Å². The Bertz CT molecular complexity index is 346. The summed E-state index contributed by atoms with van der Waals surface area (Å²) >= 11 is 0. The first-order valence-electron chi connectivity index (χ1n) is 6.91. The number of piperidine rings is 1. The lowest BCUT2D eigenvalue weighted by Gasteiger charge is -2.35. The molecule has 1 saturated carbocycles. The van der Waals surface area contributed by atoms with Gasteiger partial charge in [0.05, 0.1) is 11.9 Å². The van der Waals surface area contributed by atoms with E-state index in [1.54, 1.807) is 0 Å². The van der Waals surface area contributed by atoms with E-state index in [0.29, 0.717) is 6.61 Å². The molecule has 1 unspecified atom stereocenters. The molecule has 0 aromatic carbocycles. The van der Waals surface area contributed by atoms with E-state index in [1.165, 1.54) is 0 Å². The van der Waals surface area contributed by atoms with Crippen molar-refractivity contribution in [1.82, 2.24) is 10.0 Å². The van der Waals surface area contributed by atoms with Crippen LogP contribution in [-0.2, 0) is 14.8 Å². The topological polar surface area (TPSA) is 67.4 Å². The van der Waals surface area contributed by atoms with Gasteiger partial charge in [0.1, 0.15) is 0 Å². The van der Waals surface area contributed by atoms with Crippen molar-refractivity contribution in [2.75, 3.05) is 25.4 Å². The van der Waals surface area contributed by atoms with Crippen molar-refractivity contribution in [2.45, 2.75) is 44.8 Å². The largest absolute Gasteiger partial charge is 0.378 e. The van der Waals surface area contributed by atoms with Crippen molar-refractivity contribution < 1.29 is 13.2 Å². The zero-order valence-electron chi connectivity index (χ0n) is 11.0. The fraction of sp³-hybridized carbons (Fsp3) is 1.00. The average Bonchev–Trinajstić information content (AvgIpc) is 2.27. The van der Waals surface area contributed by atoms with Gasteiger partial charge in [0.2, 0.25) is 10.0 Å². The molecule has 5 nitrogen and oxygen atoms in total. The summed E-state index contributed by atoms with van der Waals surface area (Å²) in [6.45, 7) is 4.52. The van der Waals surface area contributed by atoms with Crippen LogP contribution in [0.1, 0.15) is 32.6 Å². The monoisotopic (exact) mass is 276 g/mol. The van der Waals surface area contributed by atoms with Gasteiger partial charge >= 0.3 is 0 Å². The molecule has 6 heteroatoms. The van der Waals surface area contributed by atoms with Crippen LogP contribution in [-0.4, -0.2) is 46.0 Å². The van der Waals surface area contributed by atoms with Crippen LogP contribution in [0.4, 0.5) is 0 Å². The maximum Gasteiger partial charge on any atom is 0.212 e. The molecule has 0 aromatic rings. The maximum atomic E-state index is 12.0. The van der Waals surface area contributed by atoms with Gasteiger partial charge in [-0.3, -0.25) is 0 Å². The number of rotatable bonds is 6. The van der Waals surface area contributed by atoms with E-state index in [9.17, 15) is 8.42 Å². The highest BCUT2D eigenvalue weighted by atomic mass is 32.2. The maximum absolute atomic E-state index is 12.0. The standard InChI is InChI=1S/C12H24N2O3S/c1-2-17-12-6-11(7-12)14-18(15,16)9-10-4-3-5-13-8-10/h10-14H,2-9H2,1H3. The lowest BCUT2D eigenvalue weighted by Crippen LogP contribution is -2.49. The van der Waals surface area contributed by atoms with Crippen LogP contribution >= 0.6 is 0 Å². The molecular formula is C12H24N2O3S. The van der Waals surface area contributed by atoms with Crippen LogP contribution in [0.25, 0.3) is 0 Å². The molecule has 2 fully saturated rings. The minimum absolute atomic E-state index is 0.0862. The third-order valence-corrected chi connectivity index (χ3v) is 5.30. The summed E-state index contributed by atoms with van der Waals surface area (Å²) in [5, 5.41) is 3.25. The smallest absolute Gasteiger partial charge is 0.212 e. The zero-order chi connectivity index (χ0) is 13.0. The van der Waals surface area contributed by atoms with Gasteiger partial charge in [-0.2, -0.15) is 0 Å². The van der Waals surface area contributed by atoms with E-state index in [0.717, 1.165) is 38.8 Å². The van der Waals surface area contributed by atoms with Crippen LogP contribution in [0.2, 0.25) is 0 Å². The molecule has 18 heavy (non-hydrogen) atoms. The first kappa shape index (κ1) is 14.2. The van der Waals surface area contributed by atoms with Crippen molar-refractivity contribution in [3.63, 3.8) is 0 Å². The lowest BCUT2D eigenvalue weighted by molar-refractivity contribution is -0.00477. The molecular weight excluding hydrogens is 252 g/mol. The second kappa shape index (κ2) is 6.32. The number of hydrogen-bond acceptors (Lipinski definition) is 4. The number of ether oxygens (including phenoxy) is 1. The molecule has 1 saturated heterocycles. The van der Waals surface area contributed by atoms with Gasteiger partial charge in [-0.1, -0.05) is 0 Å². The van der Waals surface area contributed by atoms with Gasteiger partial charge in [0.25, 0.3) is 0 Å². The van der Waals surface area contributed by atoms with E-state index < -0.39 is 10.0 Å². The van der Waals surface area contributed by atoms with E-state index >= 15 is 0 Å². The molecule has 1 aliphatic heterocycles. The first-order chi connectivity index (χ1) is 8.59. The second-order valence-electron chi connectivity index (χ2n) is 5.36. The molecule has 2 aliphatic rings. The van der Waals surface area contributed by atoms with Gasteiger partial charge in [-0.05, 0) is 51.6 Å². The fourth-order valence-electron chi connectivity index (χ4n) is 2.71. The molecule has 0 amide bonds. The summed E-state index contributed by atoms with van der Waals surface area (Å²) in [4.78, 5) is 0.